The fourth-order valence-electron chi connectivity index (χ4n) is 3.10. The molecule has 1 aliphatic heterocycles. The van der Waals surface area contributed by atoms with Crippen LogP contribution >= 0.6 is 0 Å². The van der Waals surface area contributed by atoms with E-state index < -0.39 is 0 Å². The molecule has 2 aliphatic rings. The number of rotatable bonds is 2. The minimum Gasteiger partial charge on any atom is -0.326 e. The van der Waals surface area contributed by atoms with Crippen molar-refractivity contribution >= 4 is 23.2 Å². The van der Waals surface area contributed by atoms with Gasteiger partial charge in [-0.05, 0) is 43.5 Å². The summed E-state index contributed by atoms with van der Waals surface area (Å²) in [5.74, 6) is 0.149. The van der Waals surface area contributed by atoms with Gasteiger partial charge in [0.15, 0.2) is 0 Å². The van der Waals surface area contributed by atoms with E-state index in [1.54, 1.807) is 0 Å². The van der Waals surface area contributed by atoms with Crippen LogP contribution in [-0.4, -0.2) is 11.8 Å². The number of fused-ring (bicyclic) bond motifs is 1. The quantitative estimate of drug-likeness (QED) is 0.868. The maximum Gasteiger partial charge on any atom is 0.231 e. The van der Waals surface area contributed by atoms with Gasteiger partial charge in [0, 0.05) is 17.3 Å². The number of anilines is 2. The molecule has 20 heavy (non-hydrogen) atoms. The smallest absolute Gasteiger partial charge is 0.231 e. The Labute approximate surface area is 118 Å². The molecule has 1 aromatic rings. The average Bonchev–Trinajstić information content (AvgIpc) is 2.75. The van der Waals surface area contributed by atoms with Gasteiger partial charge in [0.1, 0.15) is 0 Å². The van der Waals surface area contributed by atoms with Crippen LogP contribution in [0.25, 0.3) is 0 Å². The maximum absolute atomic E-state index is 12.2. The lowest BCUT2D eigenvalue weighted by Crippen LogP contribution is -2.24. The van der Waals surface area contributed by atoms with Crippen molar-refractivity contribution in [3.8, 4) is 0 Å². The predicted molar refractivity (Wildman–Crippen MR) is 78.7 cm³/mol. The van der Waals surface area contributed by atoms with E-state index in [0.29, 0.717) is 0 Å². The molecular formula is C16H20N2O2. The summed E-state index contributed by atoms with van der Waals surface area (Å²) in [7, 11) is 0. The zero-order valence-corrected chi connectivity index (χ0v) is 11.7. The Bertz CT molecular complexity index is 547. The number of carbonyl (C=O) groups excluding carboxylic acids is 2. The molecule has 1 aliphatic carbocycles. The van der Waals surface area contributed by atoms with Crippen molar-refractivity contribution in [1.29, 1.82) is 0 Å². The summed E-state index contributed by atoms with van der Waals surface area (Å²) >= 11 is 0. The van der Waals surface area contributed by atoms with Gasteiger partial charge in [-0.2, -0.15) is 0 Å². The van der Waals surface area contributed by atoms with Crippen LogP contribution in [0.5, 0.6) is 0 Å². The second-order valence-corrected chi connectivity index (χ2v) is 5.84. The molecule has 1 fully saturated rings. The van der Waals surface area contributed by atoms with E-state index in [0.717, 1.165) is 42.6 Å². The molecule has 0 radical (unpaired) electrons. The molecule has 4 heteroatoms. The van der Waals surface area contributed by atoms with Crippen LogP contribution in [-0.2, 0) is 9.59 Å². The third-order valence-corrected chi connectivity index (χ3v) is 4.41. The zero-order chi connectivity index (χ0) is 14.1. The minimum atomic E-state index is -0.142. The molecule has 0 aromatic heterocycles. The fourth-order valence-corrected chi connectivity index (χ4v) is 3.10. The Morgan fingerprint density at radius 3 is 2.75 bits per heavy atom. The van der Waals surface area contributed by atoms with Crippen LogP contribution in [0.2, 0.25) is 0 Å². The molecule has 1 aromatic carbocycles. The predicted octanol–water partition coefficient (Wildman–Crippen LogP) is 3.26. The van der Waals surface area contributed by atoms with Gasteiger partial charge in [-0.3, -0.25) is 9.59 Å². The molecule has 1 saturated carbocycles. The molecule has 2 N–H and O–H groups in total. The first-order valence-corrected chi connectivity index (χ1v) is 7.41. The summed E-state index contributed by atoms with van der Waals surface area (Å²) < 4.78 is 0. The second-order valence-electron chi connectivity index (χ2n) is 5.84. The summed E-state index contributed by atoms with van der Waals surface area (Å²) in [5, 5.41) is 5.84. The van der Waals surface area contributed by atoms with Crippen LogP contribution in [0.4, 0.5) is 11.4 Å². The van der Waals surface area contributed by atoms with Crippen LogP contribution in [0.1, 0.15) is 50.5 Å². The van der Waals surface area contributed by atoms with Gasteiger partial charge in [-0.1, -0.05) is 19.3 Å². The third-order valence-electron chi connectivity index (χ3n) is 4.41. The van der Waals surface area contributed by atoms with E-state index in [9.17, 15) is 9.59 Å². The van der Waals surface area contributed by atoms with Crippen molar-refractivity contribution in [2.45, 2.75) is 44.9 Å². The van der Waals surface area contributed by atoms with Crippen molar-refractivity contribution in [1.82, 2.24) is 0 Å². The Morgan fingerprint density at radius 2 is 2.00 bits per heavy atom. The average molecular weight is 272 g/mol. The van der Waals surface area contributed by atoms with Gasteiger partial charge >= 0.3 is 0 Å². The Morgan fingerprint density at radius 1 is 1.25 bits per heavy atom. The third kappa shape index (κ3) is 2.42. The number of hydrogen-bond acceptors (Lipinski definition) is 2. The van der Waals surface area contributed by atoms with Gasteiger partial charge in [0.2, 0.25) is 11.8 Å². The summed E-state index contributed by atoms with van der Waals surface area (Å²) in [5.41, 5.74) is 2.62. The number of nitrogens with one attached hydrogen (secondary N) is 2. The van der Waals surface area contributed by atoms with Crippen LogP contribution in [0.3, 0.4) is 0 Å². The first-order valence-electron chi connectivity index (χ1n) is 7.41. The van der Waals surface area contributed by atoms with Crippen LogP contribution < -0.4 is 10.6 Å². The molecule has 2 amide bonds. The van der Waals surface area contributed by atoms with E-state index in [4.69, 9.17) is 0 Å². The molecule has 1 atom stereocenters. The van der Waals surface area contributed by atoms with Crippen molar-refractivity contribution in [3.05, 3.63) is 23.8 Å². The normalized spacial score (nSPS) is 22.2. The van der Waals surface area contributed by atoms with Crippen molar-refractivity contribution in [3.63, 3.8) is 0 Å². The van der Waals surface area contributed by atoms with Gasteiger partial charge in [0.05, 0.1) is 5.92 Å². The summed E-state index contributed by atoms with van der Waals surface area (Å²) in [6.45, 7) is 1.88. The number of benzene rings is 1. The molecule has 3 rings (SSSR count). The molecule has 4 nitrogen and oxygen atoms in total. The standard InChI is InChI=1S/C16H20N2O2/c1-10-13-9-12(7-8-14(13)18-15(10)19)17-16(20)11-5-3-2-4-6-11/h7-11H,2-6H2,1H3,(H,17,20)(H,18,19). The van der Waals surface area contributed by atoms with Gasteiger partial charge in [-0.15, -0.1) is 0 Å². The first-order chi connectivity index (χ1) is 9.65. The highest BCUT2D eigenvalue weighted by molar-refractivity contribution is 6.03. The van der Waals surface area contributed by atoms with E-state index in [2.05, 4.69) is 10.6 Å². The summed E-state index contributed by atoms with van der Waals surface area (Å²) in [6.07, 6.45) is 5.53. The molecule has 0 bridgehead atoms. The lowest BCUT2D eigenvalue weighted by Gasteiger charge is -2.21. The van der Waals surface area contributed by atoms with Gasteiger partial charge in [-0.25, -0.2) is 0 Å². The molecule has 1 unspecified atom stereocenters. The topological polar surface area (TPSA) is 58.2 Å². The summed E-state index contributed by atoms with van der Waals surface area (Å²) in [4.78, 5) is 23.8. The Balaban J connectivity index is 1.72. The molecule has 0 spiro atoms. The fraction of sp³-hybridized carbons (Fsp3) is 0.500. The van der Waals surface area contributed by atoms with Gasteiger partial charge in [0.25, 0.3) is 0 Å². The van der Waals surface area contributed by atoms with Crippen molar-refractivity contribution in [2.24, 2.45) is 5.92 Å². The van der Waals surface area contributed by atoms with Crippen LogP contribution in [0, 0.1) is 5.92 Å². The van der Waals surface area contributed by atoms with E-state index in [1.807, 2.05) is 25.1 Å². The highest BCUT2D eigenvalue weighted by Gasteiger charge is 2.27. The largest absolute Gasteiger partial charge is 0.326 e. The highest BCUT2D eigenvalue weighted by atomic mass is 16.2. The lowest BCUT2D eigenvalue weighted by atomic mass is 9.88. The highest BCUT2D eigenvalue weighted by Crippen LogP contribution is 2.34. The minimum absolute atomic E-state index is 0.0238. The van der Waals surface area contributed by atoms with E-state index in [-0.39, 0.29) is 23.7 Å². The monoisotopic (exact) mass is 272 g/mol. The Kier molecular flexibility index (Phi) is 3.47. The number of hydrogen-bond donors (Lipinski definition) is 2. The van der Waals surface area contributed by atoms with E-state index >= 15 is 0 Å². The van der Waals surface area contributed by atoms with Crippen LogP contribution in [0.15, 0.2) is 18.2 Å². The summed E-state index contributed by atoms with van der Waals surface area (Å²) in [6, 6.07) is 5.64. The maximum atomic E-state index is 12.2. The van der Waals surface area contributed by atoms with Gasteiger partial charge < -0.3 is 10.6 Å². The zero-order valence-electron chi connectivity index (χ0n) is 11.7. The SMILES string of the molecule is CC1C(=O)Nc2ccc(NC(=O)C3CCCCC3)cc21. The number of amides is 2. The molecule has 0 saturated heterocycles. The Hall–Kier alpha value is -1.84. The first kappa shape index (κ1) is 13.2. The van der Waals surface area contributed by atoms with Crippen molar-refractivity contribution in [2.75, 3.05) is 10.6 Å². The van der Waals surface area contributed by atoms with E-state index in [1.165, 1.54) is 6.42 Å². The molecule has 106 valence electrons. The molecule has 1 heterocycles. The van der Waals surface area contributed by atoms with Crippen molar-refractivity contribution < 1.29 is 9.59 Å². The second kappa shape index (κ2) is 5.27. The molecular weight excluding hydrogens is 252 g/mol. The number of carbonyl (C=O) groups is 2. The lowest BCUT2D eigenvalue weighted by molar-refractivity contribution is -0.120.